The fraction of sp³-hybridized carbons (Fsp3) is 0.522. The number of carbonyl (C=O) groups is 1. The Morgan fingerprint density at radius 1 is 0.931 bits per heavy atom. The molecule has 0 saturated carbocycles. The van der Waals surface area contributed by atoms with Crippen LogP contribution in [0, 0.1) is 6.92 Å². The Morgan fingerprint density at radius 3 is 2.26 bits per heavy atom. The Bertz CT molecular complexity index is 2200. The van der Waals surface area contributed by atoms with Crippen molar-refractivity contribution in [1.29, 1.82) is 0 Å². The van der Waals surface area contributed by atoms with E-state index in [2.05, 4.69) is 132 Å². The summed E-state index contributed by atoms with van der Waals surface area (Å²) in [7, 11) is 0.0716. The first kappa shape index (κ1) is 41.6. The lowest BCUT2D eigenvalue weighted by Gasteiger charge is -2.45. The Morgan fingerprint density at radius 2 is 1.62 bits per heavy atom. The van der Waals surface area contributed by atoms with Gasteiger partial charge in [0, 0.05) is 11.5 Å². The lowest BCUT2D eigenvalue weighted by molar-refractivity contribution is 0.0763. The summed E-state index contributed by atoms with van der Waals surface area (Å²) < 4.78 is 18.1. The molecule has 2 N–H and O–H groups in total. The monoisotopic (exact) mass is 804 g/mol. The smallest absolute Gasteiger partial charge is 0.320 e. The van der Waals surface area contributed by atoms with Gasteiger partial charge in [0.2, 0.25) is 0 Å². The summed E-state index contributed by atoms with van der Waals surface area (Å²) in [6.07, 6.45) is 5.35. The topological polar surface area (TPSA) is 111 Å². The minimum Gasteiger partial charge on any atom is -0.484 e. The number of nitrogens with one attached hydrogen (secondary N) is 2. The van der Waals surface area contributed by atoms with Crippen LogP contribution < -0.4 is 15.4 Å². The van der Waals surface area contributed by atoms with Crippen LogP contribution in [0.3, 0.4) is 0 Å². The van der Waals surface area contributed by atoms with Crippen molar-refractivity contribution in [2.24, 2.45) is 0 Å². The first-order valence-corrected chi connectivity index (χ1v) is 23.4. The number of urea groups is 1. The Labute approximate surface area is 346 Å². The van der Waals surface area contributed by atoms with Crippen molar-refractivity contribution in [1.82, 2.24) is 34.6 Å². The molecule has 0 radical (unpaired) electrons. The Hall–Kier alpha value is -4.52. The minimum atomic E-state index is -2.13. The molecule has 2 aliphatic rings. The maximum atomic E-state index is 13.7. The molecule has 2 amide bonds. The number of amides is 2. The van der Waals surface area contributed by atoms with Crippen LogP contribution in [0.4, 0.5) is 10.6 Å². The van der Waals surface area contributed by atoms with Crippen molar-refractivity contribution in [3.63, 3.8) is 0 Å². The number of likely N-dealkylation sites (N-methyl/N-ethyl adjacent to an activating group) is 1. The third-order valence-corrected chi connectivity index (χ3v) is 19.0. The number of ether oxygens (including phenoxy) is 1. The zero-order chi connectivity index (χ0) is 41.6. The second kappa shape index (κ2) is 16.3. The van der Waals surface area contributed by atoms with Gasteiger partial charge in [-0.25, -0.2) is 9.48 Å². The normalized spacial score (nSPS) is 20.3. The van der Waals surface area contributed by atoms with Crippen LogP contribution in [-0.4, -0.2) is 63.8 Å². The number of likely N-dealkylation sites (tertiary alicyclic amines) is 1. The van der Waals surface area contributed by atoms with E-state index < -0.39 is 13.9 Å². The maximum absolute atomic E-state index is 13.7. The molecule has 3 aromatic heterocycles. The molecular weight excluding hydrogens is 741 g/mol. The number of rotatable bonds is 12. The quantitative estimate of drug-likeness (QED) is 0.121. The van der Waals surface area contributed by atoms with Crippen molar-refractivity contribution >= 4 is 25.8 Å². The first-order chi connectivity index (χ1) is 27.5. The van der Waals surface area contributed by atoms with Crippen LogP contribution in [0.5, 0.6) is 5.75 Å². The van der Waals surface area contributed by atoms with Crippen molar-refractivity contribution in [2.75, 3.05) is 25.5 Å². The largest absolute Gasteiger partial charge is 0.484 e. The summed E-state index contributed by atoms with van der Waals surface area (Å²) >= 11 is 0. The van der Waals surface area contributed by atoms with E-state index in [4.69, 9.17) is 19.4 Å². The van der Waals surface area contributed by atoms with E-state index in [1.165, 1.54) is 0 Å². The molecule has 5 aromatic rings. The molecule has 310 valence electrons. The van der Waals surface area contributed by atoms with Gasteiger partial charge in [-0.15, -0.1) is 10.2 Å². The van der Waals surface area contributed by atoms with E-state index >= 15 is 0 Å². The third-order valence-electron chi connectivity index (χ3n) is 12.9. The van der Waals surface area contributed by atoms with Crippen molar-refractivity contribution in [2.45, 2.75) is 135 Å². The van der Waals surface area contributed by atoms with E-state index in [0.717, 1.165) is 77.5 Å². The van der Waals surface area contributed by atoms with Gasteiger partial charge in [0.05, 0.1) is 30.2 Å². The summed E-state index contributed by atoms with van der Waals surface area (Å²) in [5, 5.41) is 20.8. The van der Waals surface area contributed by atoms with Gasteiger partial charge in [0.15, 0.2) is 19.8 Å². The van der Waals surface area contributed by atoms with Gasteiger partial charge in [0.25, 0.3) is 0 Å². The van der Waals surface area contributed by atoms with Crippen LogP contribution in [0.15, 0.2) is 72.9 Å². The number of carbonyl (C=O) groups excluding carboxylic acids is 1. The van der Waals surface area contributed by atoms with Crippen molar-refractivity contribution in [3.8, 4) is 11.4 Å². The predicted octanol–water partition coefficient (Wildman–Crippen LogP) is 10.4. The fourth-order valence-electron chi connectivity index (χ4n) is 9.76. The van der Waals surface area contributed by atoms with Gasteiger partial charge in [-0.2, -0.15) is 5.10 Å². The van der Waals surface area contributed by atoms with Gasteiger partial charge in [-0.3, -0.25) is 14.6 Å². The zero-order valence-electron chi connectivity index (χ0n) is 36.5. The molecule has 0 bridgehead atoms. The molecule has 1 unspecified atom stereocenters. The number of benzene rings is 2. The van der Waals surface area contributed by atoms with Crippen LogP contribution in [0.25, 0.3) is 11.3 Å². The minimum absolute atomic E-state index is 0.184. The molecule has 11 nitrogen and oxygen atoms in total. The summed E-state index contributed by atoms with van der Waals surface area (Å²) in [4.78, 5) is 16.2. The summed E-state index contributed by atoms with van der Waals surface area (Å²) in [5.41, 5.74) is 6.76. The molecule has 2 aromatic carbocycles. The molecule has 58 heavy (non-hydrogen) atoms. The van der Waals surface area contributed by atoms with Crippen molar-refractivity contribution in [3.05, 3.63) is 101 Å². The van der Waals surface area contributed by atoms with Crippen molar-refractivity contribution < 1.29 is 14.0 Å². The molecule has 1 fully saturated rings. The number of fused-ring (bicyclic) bond motifs is 2. The second-order valence-electron chi connectivity index (χ2n) is 18.7. The van der Waals surface area contributed by atoms with E-state index in [9.17, 15) is 4.79 Å². The number of anilines is 1. The highest BCUT2D eigenvalue weighted by atomic mass is 28.4. The highest BCUT2D eigenvalue weighted by molar-refractivity contribution is 6.77. The molecule has 0 spiro atoms. The second-order valence-corrected chi connectivity index (χ2v) is 24.1. The molecule has 1 aliphatic carbocycles. The van der Waals surface area contributed by atoms with Gasteiger partial charge < -0.3 is 14.5 Å². The number of nitrogens with zero attached hydrogens (tertiary/aromatic N) is 6. The standard InChI is InChI=1S/C46H64N8O3Si/c1-30(2)58(31(3)4,32(5)6)56-29-46(25-14-26-52(46)11)43-50-49-41-24-21-35(28-53(41)43)57-39-23-22-38(36-15-12-13-16-37(36)39)47-44(55)48-42-27-40(45(8,9)10)51-54(42)34-19-17-33(7)18-20-34/h12-13,15-21,24,27-28,30-32,38-39H,14,22-23,25-26,29H2,1-11H3,(H2,47,48,55)/t38-,39+,46?/m0/s1. The molecule has 1 saturated heterocycles. The highest BCUT2D eigenvalue weighted by Gasteiger charge is 2.50. The molecule has 12 heteroatoms. The average molecular weight is 805 g/mol. The Kier molecular flexibility index (Phi) is 11.7. The summed E-state index contributed by atoms with van der Waals surface area (Å²) in [5.74, 6) is 2.28. The van der Waals surface area contributed by atoms with Gasteiger partial charge in [0.1, 0.15) is 23.2 Å². The van der Waals surface area contributed by atoms with Gasteiger partial charge in [-0.1, -0.05) is 104 Å². The summed E-state index contributed by atoms with van der Waals surface area (Å²) in [6.45, 7) is 24.1. The number of pyridine rings is 1. The highest BCUT2D eigenvalue weighted by Crippen LogP contribution is 2.46. The molecular formula is C46H64N8O3Si. The predicted molar refractivity (Wildman–Crippen MR) is 234 cm³/mol. The summed E-state index contributed by atoms with van der Waals surface area (Å²) in [6, 6.07) is 21.9. The molecule has 3 atom stereocenters. The number of hydrogen-bond acceptors (Lipinski definition) is 7. The number of aryl methyl sites for hydroxylation is 1. The maximum Gasteiger partial charge on any atom is 0.320 e. The van der Waals surface area contributed by atoms with E-state index in [0.29, 0.717) is 29.0 Å². The molecule has 1 aliphatic heterocycles. The average Bonchev–Trinajstić information content (AvgIpc) is 3.90. The lowest BCUT2D eigenvalue weighted by atomic mass is 9.85. The Balaban J connectivity index is 1.11. The molecule has 7 rings (SSSR count). The van der Waals surface area contributed by atoms with E-state index in [1.807, 2.05) is 47.1 Å². The van der Waals surface area contributed by atoms with Gasteiger partial charge >= 0.3 is 6.03 Å². The van der Waals surface area contributed by atoms with E-state index in [-0.39, 0.29) is 23.6 Å². The first-order valence-electron chi connectivity index (χ1n) is 21.2. The number of hydrogen-bond donors (Lipinski definition) is 2. The number of aromatic nitrogens is 5. The van der Waals surface area contributed by atoms with Crippen LogP contribution in [-0.2, 0) is 15.4 Å². The van der Waals surface area contributed by atoms with Gasteiger partial charge in [-0.05, 0) is 98.2 Å². The lowest BCUT2D eigenvalue weighted by Crippen LogP contribution is -2.53. The SMILES string of the molecule is Cc1ccc(-n2nc(C(C)(C)C)cc2NC(=O)N[C@H]2CC[C@@H](Oc3ccc4nnc(C5(CO[Si](C(C)C)(C(C)C)C(C)C)CCCN5C)n4c3)c3ccccc32)cc1. The van der Waals surface area contributed by atoms with Crippen LogP contribution >= 0.6 is 0 Å². The van der Waals surface area contributed by atoms with E-state index in [1.54, 1.807) is 0 Å². The van der Waals surface area contributed by atoms with Crippen LogP contribution in [0.2, 0.25) is 16.6 Å². The third kappa shape index (κ3) is 7.82. The van der Waals surface area contributed by atoms with Crippen LogP contribution in [0.1, 0.15) is 128 Å². The zero-order valence-corrected chi connectivity index (χ0v) is 37.5. The fourth-order valence-corrected chi connectivity index (χ4v) is 15.3. The molecule has 4 heterocycles.